The van der Waals surface area contributed by atoms with E-state index in [-0.39, 0.29) is 36.1 Å². The van der Waals surface area contributed by atoms with Gasteiger partial charge in [-0.25, -0.2) is 0 Å². The van der Waals surface area contributed by atoms with Crippen LogP contribution in [0.15, 0.2) is 60.8 Å². The molecule has 0 saturated carbocycles. The SMILES string of the molecule is C=C(CCC(=O)NCC(C)(C)COCC(C)(C)CC(=O)NCC(=O)NC(C(N)=O)C(C)C)N1Cc2ccccc2CCc2ccccc21. The number of nitrogens with two attached hydrogens (primary N) is 1. The first-order valence-corrected chi connectivity index (χ1v) is 16.9. The molecule has 2 aromatic carbocycles. The molecule has 0 fully saturated rings. The second-order valence-electron chi connectivity index (χ2n) is 14.8. The fraction of sp³-hybridized carbons (Fsp3) is 0.526. The number of carbonyl (C=O) groups is 4. The van der Waals surface area contributed by atoms with Crippen LogP contribution in [0.4, 0.5) is 5.69 Å². The molecule has 3 rings (SSSR count). The van der Waals surface area contributed by atoms with E-state index in [9.17, 15) is 19.2 Å². The molecule has 1 atom stereocenters. The minimum Gasteiger partial charge on any atom is -0.380 e. The van der Waals surface area contributed by atoms with Crippen LogP contribution in [-0.4, -0.2) is 56.0 Å². The summed E-state index contributed by atoms with van der Waals surface area (Å²) in [5, 5.41) is 8.22. The van der Waals surface area contributed by atoms with E-state index in [0.717, 1.165) is 30.8 Å². The zero-order valence-corrected chi connectivity index (χ0v) is 29.6. The van der Waals surface area contributed by atoms with Crippen molar-refractivity contribution in [2.45, 2.75) is 86.2 Å². The molecule has 0 bridgehead atoms. The molecule has 10 heteroatoms. The zero-order chi connectivity index (χ0) is 35.5. The van der Waals surface area contributed by atoms with Gasteiger partial charge in [-0.15, -0.1) is 0 Å². The molecule has 1 aliphatic rings. The predicted octanol–water partition coefficient (Wildman–Crippen LogP) is 4.40. The van der Waals surface area contributed by atoms with E-state index < -0.39 is 23.3 Å². The van der Waals surface area contributed by atoms with Crippen molar-refractivity contribution in [2.75, 3.05) is 31.2 Å². The summed E-state index contributed by atoms with van der Waals surface area (Å²) < 4.78 is 6.01. The van der Waals surface area contributed by atoms with Gasteiger partial charge in [0.15, 0.2) is 0 Å². The Hall–Kier alpha value is -4.18. The highest BCUT2D eigenvalue weighted by atomic mass is 16.5. The molecule has 0 radical (unpaired) electrons. The number of benzene rings is 2. The highest BCUT2D eigenvalue weighted by Gasteiger charge is 2.27. The van der Waals surface area contributed by atoms with Crippen LogP contribution >= 0.6 is 0 Å². The number of nitrogens with one attached hydrogen (secondary N) is 3. The molecule has 262 valence electrons. The molecule has 0 aromatic heterocycles. The van der Waals surface area contributed by atoms with E-state index in [1.165, 1.54) is 16.7 Å². The Kier molecular flexibility index (Phi) is 13.8. The smallest absolute Gasteiger partial charge is 0.240 e. The molecule has 0 aliphatic carbocycles. The average molecular weight is 662 g/mol. The number of rotatable bonds is 17. The van der Waals surface area contributed by atoms with Gasteiger partial charge in [0.1, 0.15) is 6.04 Å². The summed E-state index contributed by atoms with van der Waals surface area (Å²) in [4.78, 5) is 51.4. The maximum atomic E-state index is 12.9. The lowest BCUT2D eigenvalue weighted by atomic mass is 9.89. The van der Waals surface area contributed by atoms with Gasteiger partial charge in [-0.05, 0) is 53.4 Å². The molecule has 0 spiro atoms. The minimum atomic E-state index is -0.794. The first-order valence-electron chi connectivity index (χ1n) is 16.9. The van der Waals surface area contributed by atoms with Gasteiger partial charge in [0.2, 0.25) is 23.6 Å². The van der Waals surface area contributed by atoms with Crippen LogP contribution in [0.5, 0.6) is 0 Å². The second kappa shape index (κ2) is 17.3. The van der Waals surface area contributed by atoms with Crippen molar-refractivity contribution in [1.29, 1.82) is 0 Å². The standard InChI is InChI=1S/C38H55N5O5/c1-26(2)35(36(39)47)42-34(46)21-40-33(45)20-37(4,5)24-48-25-38(6,7)23-41-32(44)19-16-27(3)43-22-30-14-9-8-12-28(30)17-18-29-13-10-11-15-31(29)43/h8-15,26,35H,3,16-25H2,1-2,4-7H3,(H2,39,47)(H,40,45)(H,41,44)(H,42,46). The maximum Gasteiger partial charge on any atom is 0.240 e. The molecule has 1 heterocycles. The van der Waals surface area contributed by atoms with Gasteiger partial charge >= 0.3 is 0 Å². The Morgan fingerprint density at radius 2 is 1.44 bits per heavy atom. The first-order chi connectivity index (χ1) is 22.6. The number of nitrogens with zero attached hydrogens (tertiary/aromatic N) is 1. The normalized spacial score (nSPS) is 13.8. The monoisotopic (exact) mass is 661 g/mol. The number of primary amides is 1. The summed E-state index contributed by atoms with van der Waals surface area (Å²) in [5.74, 6) is -1.59. The summed E-state index contributed by atoms with van der Waals surface area (Å²) in [6, 6.07) is 16.2. The molecule has 5 N–H and O–H groups in total. The number of hydrogen-bond acceptors (Lipinski definition) is 6. The van der Waals surface area contributed by atoms with Crippen LogP contribution in [0.2, 0.25) is 0 Å². The fourth-order valence-corrected chi connectivity index (χ4v) is 5.74. The van der Waals surface area contributed by atoms with Crippen molar-refractivity contribution in [3.63, 3.8) is 0 Å². The van der Waals surface area contributed by atoms with E-state index in [0.29, 0.717) is 32.6 Å². The van der Waals surface area contributed by atoms with Gasteiger partial charge in [0, 0.05) is 42.7 Å². The minimum absolute atomic E-state index is 0.0402. The predicted molar refractivity (Wildman–Crippen MR) is 190 cm³/mol. The van der Waals surface area contributed by atoms with Gasteiger partial charge in [-0.3, -0.25) is 19.2 Å². The van der Waals surface area contributed by atoms with Crippen LogP contribution in [0.1, 0.15) is 77.5 Å². The van der Waals surface area contributed by atoms with Gasteiger partial charge < -0.3 is 31.3 Å². The number of para-hydroxylation sites is 1. The Labute approximate surface area is 286 Å². The summed E-state index contributed by atoms with van der Waals surface area (Å²) in [6.45, 7) is 17.5. The van der Waals surface area contributed by atoms with E-state index in [4.69, 9.17) is 10.5 Å². The number of hydrogen-bond donors (Lipinski definition) is 4. The zero-order valence-electron chi connectivity index (χ0n) is 29.6. The van der Waals surface area contributed by atoms with Gasteiger partial charge in [-0.1, -0.05) is 90.6 Å². The van der Waals surface area contributed by atoms with Crippen molar-refractivity contribution in [1.82, 2.24) is 16.0 Å². The van der Waals surface area contributed by atoms with Crippen molar-refractivity contribution in [2.24, 2.45) is 22.5 Å². The molecule has 1 unspecified atom stereocenters. The molecule has 10 nitrogen and oxygen atoms in total. The average Bonchev–Trinajstić information content (AvgIpc) is 3.01. The lowest BCUT2D eigenvalue weighted by molar-refractivity contribution is -0.130. The van der Waals surface area contributed by atoms with Gasteiger partial charge in [0.25, 0.3) is 0 Å². The highest BCUT2D eigenvalue weighted by molar-refractivity contribution is 5.89. The van der Waals surface area contributed by atoms with Crippen LogP contribution in [0.3, 0.4) is 0 Å². The van der Waals surface area contributed by atoms with Gasteiger partial charge in [-0.2, -0.15) is 0 Å². The van der Waals surface area contributed by atoms with Crippen molar-refractivity contribution >= 4 is 29.3 Å². The van der Waals surface area contributed by atoms with E-state index >= 15 is 0 Å². The summed E-state index contributed by atoms with van der Waals surface area (Å²) in [5.41, 5.74) is 10.5. The summed E-state index contributed by atoms with van der Waals surface area (Å²) in [6.07, 6.45) is 2.98. The van der Waals surface area contributed by atoms with E-state index in [1.54, 1.807) is 13.8 Å². The maximum absolute atomic E-state index is 12.9. The summed E-state index contributed by atoms with van der Waals surface area (Å²) in [7, 11) is 0. The molecule has 2 aromatic rings. The van der Waals surface area contributed by atoms with E-state index in [2.05, 4.69) is 76.0 Å². The summed E-state index contributed by atoms with van der Waals surface area (Å²) >= 11 is 0. The topological polar surface area (TPSA) is 143 Å². The highest BCUT2D eigenvalue weighted by Crippen LogP contribution is 2.32. The van der Waals surface area contributed by atoms with Crippen molar-refractivity contribution in [3.05, 3.63) is 77.5 Å². The van der Waals surface area contributed by atoms with Gasteiger partial charge in [0.05, 0.1) is 19.8 Å². The number of carbonyl (C=O) groups excluding carboxylic acids is 4. The Morgan fingerprint density at radius 1 is 0.833 bits per heavy atom. The van der Waals surface area contributed by atoms with Crippen LogP contribution in [0.25, 0.3) is 0 Å². The molecule has 48 heavy (non-hydrogen) atoms. The largest absolute Gasteiger partial charge is 0.380 e. The number of allylic oxidation sites excluding steroid dienone is 1. The Bertz CT molecular complexity index is 1450. The van der Waals surface area contributed by atoms with Crippen molar-refractivity contribution < 1.29 is 23.9 Å². The number of ether oxygens (including phenoxy) is 1. The van der Waals surface area contributed by atoms with Crippen LogP contribution in [-0.2, 0) is 43.3 Å². The number of anilines is 1. The van der Waals surface area contributed by atoms with Crippen molar-refractivity contribution in [3.8, 4) is 0 Å². The van der Waals surface area contributed by atoms with Crippen LogP contribution in [0, 0.1) is 16.7 Å². The van der Waals surface area contributed by atoms with Crippen LogP contribution < -0.4 is 26.6 Å². The Balaban J connectivity index is 1.41. The molecule has 4 amide bonds. The second-order valence-corrected chi connectivity index (χ2v) is 14.8. The fourth-order valence-electron chi connectivity index (χ4n) is 5.74. The molecule has 0 saturated heterocycles. The lowest BCUT2D eigenvalue weighted by Crippen LogP contribution is -2.50. The lowest BCUT2D eigenvalue weighted by Gasteiger charge is -2.32. The quantitative estimate of drug-likeness (QED) is 0.198. The third kappa shape index (κ3) is 12.1. The number of fused-ring (bicyclic) bond motifs is 2. The molecular weight excluding hydrogens is 606 g/mol. The number of amides is 4. The molecular formula is C38H55N5O5. The third-order valence-electron chi connectivity index (χ3n) is 8.54. The third-order valence-corrected chi connectivity index (χ3v) is 8.54. The Morgan fingerprint density at radius 3 is 2.10 bits per heavy atom. The first kappa shape index (κ1) is 38.3. The number of aryl methyl sites for hydroxylation is 2. The molecule has 1 aliphatic heterocycles. The van der Waals surface area contributed by atoms with E-state index in [1.807, 2.05) is 27.7 Å².